The molecule has 0 aromatic carbocycles. The number of fused-ring (bicyclic) bond motifs is 1. The molecule has 0 spiro atoms. The summed E-state index contributed by atoms with van der Waals surface area (Å²) >= 11 is 0. The molecule has 0 atom stereocenters. The Morgan fingerprint density at radius 1 is 0.952 bits per heavy atom. The molecule has 4 heterocycles. The largest absolute Gasteiger partial charge is 0.336 e. The maximum Gasteiger partial charge on any atom is 0.160 e. The van der Waals surface area contributed by atoms with Gasteiger partial charge in [-0.05, 0) is 24.3 Å². The third-order valence-corrected chi connectivity index (χ3v) is 3.46. The second-order valence-corrected chi connectivity index (χ2v) is 4.77. The van der Waals surface area contributed by atoms with Crippen molar-refractivity contribution in [1.29, 1.82) is 0 Å². The number of aromatic nitrogens is 6. The summed E-state index contributed by atoms with van der Waals surface area (Å²) in [4.78, 5) is 8.39. The maximum absolute atomic E-state index is 4.39. The number of imidazole rings is 1. The first-order valence-corrected chi connectivity index (χ1v) is 6.55. The summed E-state index contributed by atoms with van der Waals surface area (Å²) in [6.45, 7) is 0. The molecule has 6 nitrogen and oxygen atoms in total. The van der Waals surface area contributed by atoms with Gasteiger partial charge in [0.1, 0.15) is 12.0 Å². The molecule has 6 heteroatoms. The lowest BCUT2D eigenvalue weighted by Crippen LogP contribution is -1.97. The van der Waals surface area contributed by atoms with Gasteiger partial charge in [-0.2, -0.15) is 0 Å². The number of rotatable bonds is 2. The number of pyridine rings is 1. The Bertz CT molecular complexity index is 890. The zero-order valence-corrected chi connectivity index (χ0v) is 11.4. The molecular weight excluding hydrogens is 264 g/mol. The van der Waals surface area contributed by atoms with Gasteiger partial charge in [-0.15, -0.1) is 10.2 Å². The fraction of sp³-hybridized carbons (Fsp3) is 0.0667. The van der Waals surface area contributed by atoms with Crippen LogP contribution in [0.25, 0.3) is 28.1 Å². The van der Waals surface area contributed by atoms with Crippen LogP contribution in [0.15, 0.2) is 55.4 Å². The quantitative estimate of drug-likeness (QED) is 0.563. The highest BCUT2D eigenvalue weighted by atomic mass is 15.2. The lowest BCUT2D eigenvalue weighted by molar-refractivity contribution is 0.916. The summed E-state index contributed by atoms with van der Waals surface area (Å²) in [6.07, 6.45) is 9.04. The molecule has 0 fully saturated rings. The minimum atomic E-state index is 0.745. The van der Waals surface area contributed by atoms with E-state index in [1.54, 1.807) is 18.7 Å². The SMILES string of the molecule is Cn1ccc2c(-c3ccc(-n4ccnc4)nn3)ccnc21. The van der Waals surface area contributed by atoms with Crippen molar-refractivity contribution in [3.63, 3.8) is 0 Å². The molecule has 0 N–H and O–H groups in total. The third-order valence-electron chi connectivity index (χ3n) is 3.46. The summed E-state index contributed by atoms with van der Waals surface area (Å²) in [5.41, 5.74) is 2.80. The summed E-state index contributed by atoms with van der Waals surface area (Å²) in [5, 5.41) is 9.66. The molecule has 0 unspecified atom stereocenters. The topological polar surface area (TPSA) is 61.4 Å². The van der Waals surface area contributed by atoms with Gasteiger partial charge in [0.2, 0.25) is 0 Å². The van der Waals surface area contributed by atoms with Crippen LogP contribution in [0.2, 0.25) is 0 Å². The van der Waals surface area contributed by atoms with Crippen molar-refractivity contribution >= 4 is 11.0 Å². The van der Waals surface area contributed by atoms with Gasteiger partial charge in [-0.1, -0.05) is 0 Å². The summed E-state index contributed by atoms with van der Waals surface area (Å²) < 4.78 is 3.81. The van der Waals surface area contributed by atoms with Gasteiger partial charge in [-0.3, -0.25) is 4.57 Å². The van der Waals surface area contributed by atoms with Crippen LogP contribution in [0.5, 0.6) is 0 Å². The molecule has 21 heavy (non-hydrogen) atoms. The standard InChI is InChI=1S/C15H12N6/c1-20-8-5-12-11(4-6-17-15(12)20)13-2-3-14(19-18-13)21-9-7-16-10-21/h2-10H,1H3. The fourth-order valence-corrected chi connectivity index (χ4v) is 2.39. The Balaban J connectivity index is 1.82. The Hall–Kier alpha value is -3.02. The number of hydrogen-bond acceptors (Lipinski definition) is 4. The molecule has 4 aromatic rings. The number of nitrogens with zero attached hydrogens (tertiary/aromatic N) is 6. The smallest absolute Gasteiger partial charge is 0.160 e. The lowest BCUT2D eigenvalue weighted by Gasteiger charge is -2.04. The van der Waals surface area contributed by atoms with Crippen LogP contribution in [0.3, 0.4) is 0 Å². The fourth-order valence-electron chi connectivity index (χ4n) is 2.39. The lowest BCUT2D eigenvalue weighted by atomic mass is 10.1. The summed E-state index contributed by atoms with van der Waals surface area (Å²) in [5.74, 6) is 0.745. The Kier molecular flexibility index (Phi) is 2.53. The van der Waals surface area contributed by atoms with Crippen LogP contribution in [0.1, 0.15) is 0 Å². The molecule has 4 aromatic heterocycles. The molecule has 0 radical (unpaired) electrons. The van der Waals surface area contributed by atoms with Crippen LogP contribution in [-0.4, -0.2) is 29.3 Å². The second kappa shape index (κ2) is 4.52. The molecule has 0 saturated carbocycles. The minimum Gasteiger partial charge on any atom is -0.336 e. The van der Waals surface area contributed by atoms with Crippen molar-refractivity contribution in [2.24, 2.45) is 7.05 Å². The second-order valence-electron chi connectivity index (χ2n) is 4.77. The van der Waals surface area contributed by atoms with Crippen molar-refractivity contribution in [2.45, 2.75) is 0 Å². The Morgan fingerprint density at radius 2 is 1.90 bits per heavy atom. The van der Waals surface area contributed by atoms with Gasteiger partial charge < -0.3 is 4.57 Å². The van der Waals surface area contributed by atoms with E-state index >= 15 is 0 Å². The normalized spacial score (nSPS) is 11.1. The van der Waals surface area contributed by atoms with E-state index in [2.05, 4.69) is 20.2 Å². The van der Waals surface area contributed by atoms with Gasteiger partial charge in [-0.25, -0.2) is 9.97 Å². The van der Waals surface area contributed by atoms with Gasteiger partial charge in [0.25, 0.3) is 0 Å². The zero-order valence-electron chi connectivity index (χ0n) is 11.4. The van der Waals surface area contributed by atoms with Crippen LogP contribution in [-0.2, 0) is 7.05 Å². The first kappa shape index (κ1) is 11.8. The van der Waals surface area contributed by atoms with E-state index in [4.69, 9.17) is 0 Å². The van der Waals surface area contributed by atoms with E-state index < -0.39 is 0 Å². The highest BCUT2D eigenvalue weighted by molar-refractivity contribution is 5.92. The van der Waals surface area contributed by atoms with Crippen LogP contribution in [0.4, 0.5) is 0 Å². The van der Waals surface area contributed by atoms with Crippen LogP contribution < -0.4 is 0 Å². The highest BCUT2D eigenvalue weighted by Crippen LogP contribution is 2.26. The predicted molar refractivity (Wildman–Crippen MR) is 78.9 cm³/mol. The monoisotopic (exact) mass is 276 g/mol. The van der Waals surface area contributed by atoms with E-state index in [9.17, 15) is 0 Å². The highest BCUT2D eigenvalue weighted by Gasteiger charge is 2.09. The van der Waals surface area contributed by atoms with E-state index in [0.29, 0.717) is 0 Å². The van der Waals surface area contributed by atoms with E-state index in [1.165, 1.54) is 0 Å². The van der Waals surface area contributed by atoms with Gasteiger partial charge in [0, 0.05) is 42.8 Å². The molecule has 0 bridgehead atoms. The van der Waals surface area contributed by atoms with Crippen LogP contribution in [0, 0.1) is 0 Å². The molecule has 4 rings (SSSR count). The zero-order chi connectivity index (χ0) is 14.2. The summed E-state index contributed by atoms with van der Waals surface area (Å²) in [6, 6.07) is 7.90. The van der Waals surface area contributed by atoms with Gasteiger partial charge in [0.15, 0.2) is 5.82 Å². The minimum absolute atomic E-state index is 0.745. The van der Waals surface area contributed by atoms with Crippen molar-refractivity contribution in [3.8, 4) is 17.1 Å². The molecule has 102 valence electrons. The average molecular weight is 276 g/mol. The first-order chi connectivity index (χ1) is 10.3. The maximum atomic E-state index is 4.39. The van der Waals surface area contributed by atoms with Crippen LogP contribution >= 0.6 is 0 Å². The molecule has 0 aliphatic carbocycles. The molecular formula is C15H12N6. The van der Waals surface area contributed by atoms with Gasteiger partial charge in [0.05, 0.1) is 5.69 Å². The molecule has 0 amide bonds. The predicted octanol–water partition coefficient (Wildman–Crippen LogP) is 2.22. The van der Waals surface area contributed by atoms with Gasteiger partial charge >= 0.3 is 0 Å². The third kappa shape index (κ3) is 1.88. The van der Waals surface area contributed by atoms with Crippen molar-refractivity contribution < 1.29 is 0 Å². The van der Waals surface area contributed by atoms with Crippen molar-refractivity contribution in [3.05, 3.63) is 55.4 Å². The Morgan fingerprint density at radius 3 is 2.67 bits per heavy atom. The van der Waals surface area contributed by atoms with E-state index in [0.717, 1.165) is 28.1 Å². The average Bonchev–Trinajstić information content (AvgIpc) is 3.18. The van der Waals surface area contributed by atoms with E-state index in [-0.39, 0.29) is 0 Å². The summed E-state index contributed by atoms with van der Waals surface area (Å²) in [7, 11) is 1.98. The number of hydrogen-bond donors (Lipinski definition) is 0. The van der Waals surface area contributed by atoms with E-state index in [1.807, 2.05) is 52.8 Å². The van der Waals surface area contributed by atoms with Crippen molar-refractivity contribution in [2.75, 3.05) is 0 Å². The molecule has 0 saturated heterocycles. The molecule has 0 aliphatic heterocycles. The Labute approximate surface area is 120 Å². The molecule has 0 aliphatic rings. The first-order valence-electron chi connectivity index (χ1n) is 6.55. The van der Waals surface area contributed by atoms with Crippen molar-refractivity contribution in [1.82, 2.24) is 29.3 Å². The number of aryl methyl sites for hydroxylation is 1.